The van der Waals surface area contributed by atoms with Gasteiger partial charge in [0.1, 0.15) is 5.15 Å². The molecule has 2 saturated heterocycles. The fourth-order valence-electron chi connectivity index (χ4n) is 2.99. The second kappa shape index (κ2) is 4.52. The number of carbonyl (C=O) groups is 1. The quantitative estimate of drug-likeness (QED) is 0.806. The highest BCUT2D eigenvalue weighted by atomic mass is 35.5. The first kappa shape index (κ1) is 11.9. The van der Waals surface area contributed by atoms with Gasteiger partial charge in [0.05, 0.1) is 17.8 Å². The van der Waals surface area contributed by atoms with Gasteiger partial charge in [-0.1, -0.05) is 11.6 Å². The predicted octanol–water partition coefficient (Wildman–Crippen LogP) is 2.12. The molecule has 3 unspecified atom stereocenters. The van der Waals surface area contributed by atoms with Crippen molar-refractivity contribution in [1.29, 1.82) is 0 Å². The molecule has 2 aliphatic heterocycles. The molecule has 3 rings (SSSR count). The minimum absolute atomic E-state index is 0.0961. The Labute approximate surface area is 111 Å². The van der Waals surface area contributed by atoms with Crippen molar-refractivity contribution in [2.75, 3.05) is 5.32 Å². The highest BCUT2D eigenvalue weighted by molar-refractivity contribution is 6.29. The first-order valence-corrected chi connectivity index (χ1v) is 6.70. The summed E-state index contributed by atoms with van der Waals surface area (Å²) < 4.78 is 0. The first-order valence-electron chi connectivity index (χ1n) is 6.32. The van der Waals surface area contributed by atoms with Crippen LogP contribution in [-0.2, 0) is 4.79 Å². The summed E-state index contributed by atoms with van der Waals surface area (Å²) in [5, 5.41) is 6.89. The summed E-state index contributed by atoms with van der Waals surface area (Å²) in [7, 11) is 0. The van der Waals surface area contributed by atoms with Gasteiger partial charge >= 0.3 is 0 Å². The summed E-state index contributed by atoms with van der Waals surface area (Å²) in [5.41, 5.74) is 1.70. The maximum Gasteiger partial charge on any atom is 0.229 e. The van der Waals surface area contributed by atoms with E-state index in [1.807, 2.05) is 6.92 Å². The molecule has 1 aromatic rings. The highest BCUT2D eigenvalue weighted by Gasteiger charge is 2.42. The zero-order chi connectivity index (χ0) is 12.7. The second-order valence-electron chi connectivity index (χ2n) is 5.20. The third-order valence-corrected chi connectivity index (χ3v) is 4.18. The largest absolute Gasteiger partial charge is 0.324 e. The Bertz CT molecular complexity index is 491. The van der Waals surface area contributed by atoms with Gasteiger partial charge in [0.25, 0.3) is 0 Å². The van der Waals surface area contributed by atoms with Crippen LogP contribution in [0.5, 0.6) is 0 Å². The van der Waals surface area contributed by atoms with Gasteiger partial charge in [-0.3, -0.25) is 4.79 Å². The van der Waals surface area contributed by atoms with Crippen LogP contribution in [0.4, 0.5) is 5.69 Å². The smallest absolute Gasteiger partial charge is 0.229 e. The van der Waals surface area contributed by atoms with Crippen LogP contribution < -0.4 is 10.6 Å². The number of nitrogens with zero attached hydrogens (tertiary/aromatic N) is 1. The van der Waals surface area contributed by atoms with Gasteiger partial charge in [0.2, 0.25) is 5.91 Å². The molecule has 2 aliphatic rings. The van der Waals surface area contributed by atoms with Crippen LogP contribution in [0.25, 0.3) is 0 Å². The number of halogens is 1. The first-order chi connectivity index (χ1) is 8.63. The van der Waals surface area contributed by atoms with E-state index in [9.17, 15) is 4.79 Å². The molecule has 0 aromatic carbocycles. The highest BCUT2D eigenvalue weighted by Crippen LogP contribution is 2.34. The number of aryl methyl sites for hydroxylation is 1. The molecule has 2 bridgehead atoms. The summed E-state index contributed by atoms with van der Waals surface area (Å²) in [6.07, 6.45) is 4.89. The van der Waals surface area contributed by atoms with Gasteiger partial charge < -0.3 is 10.6 Å². The Morgan fingerprint density at radius 2 is 2.39 bits per heavy atom. The average Bonchev–Trinajstić information content (AvgIpc) is 2.94. The zero-order valence-electron chi connectivity index (χ0n) is 10.2. The number of aromatic nitrogens is 1. The molecule has 3 atom stereocenters. The standard InChI is InChI=1S/C13H16ClN3O/c1-7-4-12(14)15-6-11(7)17-13(18)9-5-8-2-3-10(9)16-8/h4,6,8-10,16H,2-3,5H2,1H3,(H,17,18). The minimum Gasteiger partial charge on any atom is -0.324 e. The van der Waals surface area contributed by atoms with Crippen molar-refractivity contribution in [2.45, 2.75) is 38.3 Å². The predicted molar refractivity (Wildman–Crippen MR) is 70.7 cm³/mol. The number of amides is 1. The maximum atomic E-state index is 12.2. The summed E-state index contributed by atoms with van der Waals surface area (Å²) in [6, 6.07) is 2.65. The molecule has 0 aliphatic carbocycles. The van der Waals surface area contributed by atoms with Crippen LogP contribution >= 0.6 is 11.6 Å². The van der Waals surface area contributed by atoms with Crippen LogP contribution in [-0.4, -0.2) is 23.0 Å². The van der Waals surface area contributed by atoms with E-state index >= 15 is 0 Å². The van der Waals surface area contributed by atoms with Crippen LogP contribution in [0, 0.1) is 12.8 Å². The molecule has 0 spiro atoms. The van der Waals surface area contributed by atoms with E-state index in [2.05, 4.69) is 15.6 Å². The topological polar surface area (TPSA) is 54.0 Å². The molecule has 0 radical (unpaired) electrons. The van der Waals surface area contributed by atoms with Crippen molar-refractivity contribution in [3.8, 4) is 0 Å². The number of carbonyl (C=O) groups excluding carboxylic acids is 1. The Kier molecular flexibility index (Phi) is 2.99. The van der Waals surface area contributed by atoms with Crippen LogP contribution in [0.3, 0.4) is 0 Å². The molecule has 5 heteroatoms. The lowest BCUT2D eigenvalue weighted by atomic mass is 9.88. The van der Waals surface area contributed by atoms with E-state index in [1.54, 1.807) is 12.3 Å². The molecule has 18 heavy (non-hydrogen) atoms. The fourth-order valence-corrected chi connectivity index (χ4v) is 3.20. The van der Waals surface area contributed by atoms with Gasteiger partial charge in [-0.25, -0.2) is 4.98 Å². The number of fused-ring (bicyclic) bond motifs is 2. The summed E-state index contributed by atoms with van der Waals surface area (Å²) >= 11 is 5.80. The molecular formula is C13H16ClN3O. The van der Waals surface area contributed by atoms with E-state index in [4.69, 9.17) is 11.6 Å². The third kappa shape index (κ3) is 2.10. The van der Waals surface area contributed by atoms with Crippen LogP contribution in [0.1, 0.15) is 24.8 Å². The summed E-state index contributed by atoms with van der Waals surface area (Å²) in [4.78, 5) is 16.2. The summed E-state index contributed by atoms with van der Waals surface area (Å²) in [5.74, 6) is 0.195. The van der Waals surface area contributed by atoms with Gasteiger partial charge in [-0.2, -0.15) is 0 Å². The average molecular weight is 266 g/mol. The molecule has 1 aromatic heterocycles. The molecule has 1 amide bonds. The van der Waals surface area contributed by atoms with Crippen LogP contribution in [0.2, 0.25) is 5.15 Å². The van der Waals surface area contributed by atoms with Gasteiger partial charge in [-0.15, -0.1) is 0 Å². The minimum atomic E-state index is 0.0961. The zero-order valence-corrected chi connectivity index (χ0v) is 11.0. The molecule has 4 nitrogen and oxygen atoms in total. The second-order valence-corrected chi connectivity index (χ2v) is 5.59. The van der Waals surface area contributed by atoms with Crippen molar-refractivity contribution in [3.05, 3.63) is 23.0 Å². The van der Waals surface area contributed by atoms with Gasteiger partial charge in [0.15, 0.2) is 0 Å². The fraction of sp³-hybridized carbons (Fsp3) is 0.538. The van der Waals surface area contributed by atoms with Crippen molar-refractivity contribution in [1.82, 2.24) is 10.3 Å². The van der Waals surface area contributed by atoms with Crippen molar-refractivity contribution in [2.24, 2.45) is 5.92 Å². The third-order valence-electron chi connectivity index (χ3n) is 3.97. The molecule has 3 heterocycles. The van der Waals surface area contributed by atoms with E-state index in [1.165, 1.54) is 6.42 Å². The van der Waals surface area contributed by atoms with E-state index in [0.717, 1.165) is 24.1 Å². The summed E-state index contributed by atoms with van der Waals surface area (Å²) in [6.45, 7) is 1.92. The number of hydrogen-bond acceptors (Lipinski definition) is 3. The molecule has 96 valence electrons. The number of rotatable bonds is 2. The Hall–Kier alpha value is -1.13. The Morgan fingerprint density at radius 1 is 1.56 bits per heavy atom. The molecular weight excluding hydrogens is 250 g/mol. The Morgan fingerprint density at radius 3 is 3.00 bits per heavy atom. The number of nitrogens with one attached hydrogen (secondary N) is 2. The SMILES string of the molecule is Cc1cc(Cl)ncc1NC(=O)C1CC2CCC1N2. The number of hydrogen-bond donors (Lipinski definition) is 2. The van der Waals surface area contributed by atoms with Crippen molar-refractivity contribution < 1.29 is 4.79 Å². The van der Waals surface area contributed by atoms with E-state index < -0.39 is 0 Å². The molecule has 2 fully saturated rings. The lowest BCUT2D eigenvalue weighted by Gasteiger charge is -2.19. The van der Waals surface area contributed by atoms with Gasteiger partial charge in [-0.05, 0) is 37.8 Å². The van der Waals surface area contributed by atoms with E-state index in [0.29, 0.717) is 17.2 Å². The van der Waals surface area contributed by atoms with Crippen molar-refractivity contribution >= 4 is 23.2 Å². The number of pyridine rings is 1. The van der Waals surface area contributed by atoms with Crippen molar-refractivity contribution in [3.63, 3.8) is 0 Å². The molecule has 2 N–H and O–H groups in total. The Balaban J connectivity index is 1.71. The normalized spacial score (nSPS) is 29.6. The van der Waals surface area contributed by atoms with Gasteiger partial charge in [0, 0.05) is 12.1 Å². The lowest BCUT2D eigenvalue weighted by Crippen LogP contribution is -2.33. The van der Waals surface area contributed by atoms with Crippen LogP contribution in [0.15, 0.2) is 12.3 Å². The number of anilines is 1. The monoisotopic (exact) mass is 265 g/mol. The lowest BCUT2D eigenvalue weighted by molar-refractivity contribution is -0.120. The van der Waals surface area contributed by atoms with E-state index in [-0.39, 0.29) is 11.8 Å². The maximum absolute atomic E-state index is 12.2. The molecule has 0 saturated carbocycles.